The molecule has 1 aromatic rings. The molecule has 0 saturated carbocycles. The number of aliphatic hydroxyl groups is 1. The zero-order valence-electron chi connectivity index (χ0n) is 9.72. The molecular weight excluding hydrogens is 305 g/mol. The summed E-state index contributed by atoms with van der Waals surface area (Å²) in [6.45, 7) is -2.95. The lowest BCUT2D eigenvalue weighted by Crippen LogP contribution is -2.38. The van der Waals surface area contributed by atoms with Gasteiger partial charge in [-0.3, -0.25) is 10.1 Å². The lowest BCUT2D eigenvalue weighted by atomic mass is 10.3. The Morgan fingerprint density at radius 2 is 2.00 bits per heavy atom. The topological polar surface area (TPSA) is 110 Å². The molecule has 2 N–H and O–H groups in total. The average Bonchev–Trinajstić information content (AvgIpc) is 2.36. The highest BCUT2D eigenvalue weighted by molar-refractivity contribution is 7.89. The minimum absolute atomic E-state index is 0.345. The Balaban J connectivity index is 2.99. The van der Waals surface area contributed by atoms with Gasteiger partial charge in [-0.25, -0.2) is 21.9 Å². The Kier molecular flexibility index (Phi) is 4.68. The first kappa shape index (κ1) is 16.3. The number of aliphatic hydroxyl groups excluding tert-OH is 1. The molecule has 0 spiro atoms. The second-order valence-corrected chi connectivity index (χ2v) is 5.48. The molecule has 11 heteroatoms. The van der Waals surface area contributed by atoms with E-state index in [1.807, 2.05) is 0 Å². The van der Waals surface area contributed by atoms with Crippen molar-refractivity contribution < 1.29 is 31.6 Å². The number of sulfonamides is 1. The quantitative estimate of drug-likeness (QED) is 0.591. The van der Waals surface area contributed by atoms with Gasteiger partial charge in [-0.15, -0.1) is 0 Å². The van der Waals surface area contributed by atoms with Crippen LogP contribution >= 0.6 is 0 Å². The highest BCUT2D eigenvalue weighted by atomic mass is 32.2. The Hall–Kier alpha value is -1.72. The second-order valence-electron chi connectivity index (χ2n) is 3.71. The van der Waals surface area contributed by atoms with Crippen molar-refractivity contribution in [3.63, 3.8) is 0 Å². The van der Waals surface area contributed by atoms with Crippen LogP contribution < -0.4 is 4.72 Å². The molecule has 0 aliphatic rings. The van der Waals surface area contributed by atoms with Crippen LogP contribution in [-0.4, -0.2) is 37.5 Å². The van der Waals surface area contributed by atoms with Crippen LogP contribution in [0.5, 0.6) is 0 Å². The van der Waals surface area contributed by atoms with Crippen molar-refractivity contribution in [3.05, 3.63) is 34.1 Å². The van der Waals surface area contributed by atoms with Gasteiger partial charge in [0.2, 0.25) is 15.8 Å². The van der Waals surface area contributed by atoms with Crippen LogP contribution in [0.2, 0.25) is 0 Å². The highest BCUT2D eigenvalue weighted by Crippen LogP contribution is 2.21. The maximum atomic E-state index is 13.2. The number of nitro benzene ring substituents is 1. The van der Waals surface area contributed by atoms with Crippen molar-refractivity contribution in [2.45, 2.75) is 10.8 Å². The third kappa shape index (κ3) is 3.88. The number of hydrogen-bond acceptors (Lipinski definition) is 5. The van der Waals surface area contributed by atoms with E-state index in [0.717, 1.165) is 0 Å². The number of hydrogen-bond donors (Lipinski definition) is 2. The Morgan fingerprint density at radius 1 is 1.40 bits per heavy atom. The molecule has 0 saturated heterocycles. The Labute approximate surface area is 111 Å². The standard InChI is InChI=1S/C9H9F3N2O5S/c10-7-3-6(1-2-8(7)14(16)17)20(18,19)13-4-9(11,12)5-15/h1-3,13,15H,4-5H2. The summed E-state index contributed by atoms with van der Waals surface area (Å²) in [4.78, 5) is 8.55. The van der Waals surface area contributed by atoms with E-state index in [2.05, 4.69) is 0 Å². The smallest absolute Gasteiger partial charge is 0.304 e. The number of halogens is 3. The van der Waals surface area contributed by atoms with E-state index in [1.165, 1.54) is 4.72 Å². The van der Waals surface area contributed by atoms with Gasteiger partial charge in [-0.1, -0.05) is 0 Å². The van der Waals surface area contributed by atoms with E-state index in [-0.39, 0.29) is 0 Å². The molecule has 20 heavy (non-hydrogen) atoms. The number of nitrogens with zero attached hydrogens (tertiary/aromatic N) is 1. The minimum atomic E-state index is -4.47. The van der Waals surface area contributed by atoms with Crippen LogP contribution in [0.1, 0.15) is 0 Å². The minimum Gasteiger partial charge on any atom is -0.390 e. The number of rotatable bonds is 6. The summed E-state index contributed by atoms with van der Waals surface area (Å²) in [5.41, 5.74) is -0.940. The molecule has 0 aliphatic heterocycles. The van der Waals surface area contributed by atoms with Gasteiger partial charge in [-0.2, -0.15) is 4.39 Å². The van der Waals surface area contributed by atoms with Gasteiger partial charge >= 0.3 is 5.69 Å². The summed E-state index contributed by atoms with van der Waals surface area (Å²) in [5.74, 6) is -5.08. The van der Waals surface area contributed by atoms with Crippen LogP contribution in [-0.2, 0) is 10.0 Å². The van der Waals surface area contributed by atoms with Crippen molar-refractivity contribution in [3.8, 4) is 0 Å². The fourth-order valence-corrected chi connectivity index (χ4v) is 2.22. The molecule has 0 atom stereocenters. The van der Waals surface area contributed by atoms with Crippen molar-refractivity contribution in [2.24, 2.45) is 0 Å². The normalized spacial score (nSPS) is 12.4. The molecular formula is C9H9F3N2O5S. The van der Waals surface area contributed by atoms with Gasteiger partial charge in [0.1, 0.15) is 6.61 Å². The summed E-state index contributed by atoms with van der Waals surface area (Å²) in [5, 5.41) is 18.6. The molecule has 0 fully saturated rings. The van der Waals surface area contributed by atoms with E-state index in [9.17, 15) is 31.7 Å². The van der Waals surface area contributed by atoms with Crippen molar-refractivity contribution in [1.82, 2.24) is 4.72 Å². The molecule has 0 radical (unpaired) electrons. The van der Waals surface area contributed by atoms with Crippen LogP contribution in [0, 0.1) is 15.9 Å². The average molecular weight is 314 g/mol. The van der Waals surface area contributed by atoms with E-state index in [4.69, 9.17) is 5.11 Å². The van der Waals surface area contributed by atoms with Gasteiger partial charge < -0.3 is 5.11 Å². The summed E-state index contributed by atoms with van der Waals surface area (Å²) in [6.07, 6.45) is 0. The maximum Gasteiger partial charge on any atom is 0.304 e. The van der Waals surface area contributed by atoms with Crippen LogP contribution in [0.3, 0.4) is 0 Å². The highest BCUT2D eigenvalue weighted by Gasteiger charge is 2.30. The van der Waals surface area contributed by atoms with Crippen LogP contribution in [0.25, 0.3) is 0 Å². The van der Waals surface area contributed by atoms with Gasteiger partial charge in [0, 0.05) is 12.1 Å². The zero-order valence-corrected chi connectivity index (χ0v) is 10.5. The molecule has 0 amide bonds. The number of nitro groups is 1. The first-order valence-electron chi connectivity index (χ1n) is 5.01. The van der Waals surface area contributed by atoms with Crippen LogP contribution in [0.15, 0.2) is 23.1 Å². The fourth-order valence-electron chi connectivity index (χ4n) is 1.14. The van der Waals surface area contributed by atoms with Crippen molar-refractivity contribution in [1.29, 1.82) is 0 Å². The predicted octanol–water partition coefficient (Wildman–Crippen LogP) is 0.640. The van der Waals surface area contributed by atoms with E-state index >= 15 is 0 Å². The fraction of sp³-hybridized carbons (Fsp3) is 0.333. The molecule has 0 aliphatic carbocycles. The van der Waals surface area contributed by atoms with Crippen molar-refractivity contribution in [2.75, 3.05) is 13.2 Å². The maximum absolute atomic E-state index is 13.2. The number of benzene rings is 1. The summed E-state index contributed by atoms with van der Waals surface area (Å²) in [7, 11) is -4.47. The molecule has 0 aromatic heterocycles. The number of alkyl halides is 2. The first-order chi connectivity index (χ1) is 9.09. The first-order valence-corrected chi connectivity index (χ1v) is 6.50. The third-order valence-corrected chi connectivity index (χ3v) is 3.58. The Morgan fingerprint density at radius 3 is 2.45 bits per heavy atom. The predicted molar refractivity (Wildman–Crippen MR) is 60.3 cm³/mol. The summed E-state index contributed by atoms with van der Waals surface area (Å²) in [6, 6.07) is 1.66. The summed E-state index contributed by atoms with van der Waals surface area (Å²) < 4.78 is 63.3. The van der Waals surface area contributed by atoms with E-state index in [1.54, 1.807) is 0 Å². The van der Waals surface area contributed by atoms with Crippen molar-refractivity contribution >= 4 is 15.7 Å². The molecule has 0 bridgehead atoms. The van der Waals surface area contributed by atoms with Gasteiger partial charge in [0.15, 0.2) is 0 Å². The third-order valence-electron chi connectivity index (χ3n) is 2.18. The molecule has 1 rings (SSSR count). The summed E-state index contributed by atoms with van der Waals surface area (Å²) >= 11 is 0. The SMILES string of the molecule is O=[N+]([O-])c1ccc(S(=O)(=O)NCC(F)(F)CO)cc1F. The molecule has 112 valence electrons. The lowest BCUT2D eigenvalue weighted by Gasteiger charge is -2.14. The van der Waals surface area contributed by atoms with Gasteiger partial charge in [0.05, 0.1) is 16.4 Å². The monoisotopic (exact) mass is 314 g/mol. The molecule has 7 nitrogen and oxygen atoms in total. The Bertz CT molecular complexity index is 620. The van der Waals surface area contributed by atoms with Gasteiger partial charge in [0.25, 0.3) is 5.92 Å². The lowest BCUT2D eigenvalue weighted by molar-refractivity contribution is -0.387. The largest absolute Gasteiger partial charge is 0.390 e. The molecule has 0 heterocycles. The van der Waals surface area contributed by atoms with E-state index < -0.39 is 50.4 Å². The second kappa shape index (κ2) is 5.73. The van der Waals surface area contributed by atoms with E-state index in [0.29, 0.717) is 18.2 Å². The molecule has 0 unspecified atom stereocenters. The zero-order chi connectivity index (χ0) is 15.6. The van der Waals surface area contributed by atoms with Crippen LogP contribution in [0.4, 0.5) is 18.9 Å². The number of nitrogens with one attached hydrogen (secondary N) is 1. The van der Waals surface area contributed by atoms with Gasteiger partial charge in [-0.05, 0) is 6.07 Å². The molecule has 1 aromatic carbocycles.